The van der Waals surface area contributed by atoms with Crippen LogP contribution < -0.4 is 0 Å². The summed E-state index contributed by atoms with van der Waals surface area (Å²) in [5, 5.41) is 23.4. The molecule has 0 spiro atoms. The number of carbonyl (C=O) groups excluding carboxylic acids is 4. The van der Waals surface area contributed by atoms with Crippen molar-refractivity contribution in [2.24, 2.45) is 11.8 Å². The molecule has 15 heteroatoms. The molecule has 6 bridgehead atoms. The van der Waals surface area contributed by atoms with Crippen LogP contribution in [-0.2, 0) is 61.8 Å². The molecule has 4 saturated heterocycles. The smallest absolute Gasteiger partial charge is 0.342 e. The molecule has 60 heavy (non-hydrogen) atoms. The van der Waals surface area contributed by atoms with Gasteiger partial charge in [0.15, 0.2) is 18.5 Å². The normalized spacial score (nSPS) is 41.1. The summed E-state index contributed by atoms with van der Waals surface area (Å²) in [4.78, 5) is 52.3. The Morgan fingerprint density at radius 1 is 0.750 bits per heavy atom. The zero-order valence-corrected chi connectivity index (χ0v) is 36.6. The predicted molar refractivity (Wildman–Crippen MR) is 216 cm³/mol. The Hall–Kier alpha value is -2.92. The number of hydrogen-bond acceptors (Lipinski definition) is 15. The molecule has 0 amide bonds. The molecule has 5 rings (SSSR count). The number of esters is 4. The monoisotopic (exact) mass is 850 g/mol. The minimum absolute atomic E-state index is 0.0487. The third-order valence-corrected chi connectivity index (χ3v) is 12.3. The molecule has 5 aliphatic heterocycles. The summed E-state index contributed by atoms with van der Waals surface area (Å²) in [5.41, 5.74) is -2.20. The first-order valence-corrected chi connectivity index (χ1v) is 22.4. The lowest BCUT2D eigenvalue weighted by molar-refractivity contribution is -0.319. The number of aliphatic hydroxyl groups excluding tert-OH is 1. The maximum atomic E-state index is 13.6. The first-order chi connectivity index (χ1) is 28.7. The fourth-order valence-corrected chi connectivity index (χ4v) is 9.18. The molecule has 0 aromatic rings. The number of aliphatic hydroxyl groups is 2. The van der Waals surface area contributed by atoms with E-state index >= 15 is 0 Å². The number of ether oxygens (including phenoxy) is 9. The van der Waals surface area contributed by atoms with Crippen molar-refractivity contribution in [2.75, 3.05) is 7.11 Å². The summed E-state index contributed by atoms with van der Waals surface area (Å²) < 4.78 is 55.3. The van der Waals surface area contributed by atoms with Crippen molar-refractivity contribution in [3.63, 3.8) is 0 Å². The number of rotatable bonds is 12. The number of fused-ring (bicyclic) bond motifs is 6. The summed E-state index contributed by atoms with van der Waals surface area (Å²) in [7, 11) is 1.45. The Morgan fingerprint density at radius 2 is 1.38 bits per heavy atom. The van der Waals surface area contributed by atoms with Crippen molar-refractivity contribution in [1.29, 1.82) is 0 Å². The fourth-order valence-electron chi connectivity index (χ4n) is 9.18. The molecule has 5 heterocycles. The van der Waals surface area contributed by atoms with E-state index in [0.717, 1.165) is 0 Å². The van der Waals surface area contributed by atoms with Gasteiger partial charge >= 0.3 is 23.9 Å². The zero-order valence-electron chi connectivity index (χ0n) is 36.6. The van der Waals surface area contributed by atoms with E-state index in [9.17, 15) is 29.4 Å². The summed E-state index contributed by atoms with van der Waals surface area (Å²) >= 11 is 0. The van der Waals surface area contributed by atoms with E-state index in [1.807, 2.05) is 32.9 Å². The van der Waals surface area contributed by atoms with Crippen molar-refractivity contribution in [1.82, 2.24) is 0 Å². The number of methoxy groups -OCH3 is 1. The topological polar surface area (TPSA) is 192 Å². The molecule has 2 N–H and O–H groups in total. The Kier molecular flexibility index (Phi) is 18.0. The molecule has 0 radical (unpaired) electrons. The van der Waals surface area contributed by atoms with Gasteiger partial charge in [0, 0.05) is 58.5 Å². The third kappa shape index (κ3) is 12.6. The second-order valence-corrected chi connectivity index (χ2v) is 17.5. The van der Waals surface area contributed by atoms with Gasteiger partial charge in [0.25, 0.3) is 0 Å². The van der Waals surface area contributed by atoms with Gasteiger partial charge in [0.1, 0.15) is 18.3 Å². The zero-order chi connectivity index (χ0) is 43.6. The van der Waals surface area contributed by atoms with Crippen LogP contribution in [0.5, 0.6) is 0 Å². The van der Waals surface area contributed by atoms with Crippen LogP contribution in [-0.4, -0.2) is 126 Å². The fraction of sp³-hybridized carbons (Fsp3) is 0.822. The van der Waals surface area contributed by atoms with Crippen LogP contribution in [0, 0.1) is 11.8 Å². The van der Waals surface area contributed by atoms with E-state index in [0.29, 0.717) is 44.9 Å². The van der Waals surface area contributed by atoms with Crippen LogP contribution in [0.3, 0.4) is 0 Å². The van der Waals surface area contributed by atoms with Gasteiger partial charge in [-0.05, 0) is 57.3 Å². The summed E-state index contributed by atoms with van der Waals surface area (Å²) in [6.45, 7) is 11.5. The van der Waals surface area contributed by atoms with Crippen molar-refractivity contribution >= 4 is 23.9 Å². The van der Waals surface area contributed by atoms with Gasteiger partial charge in [-0.2, -0.15) is 0 Å². The van der Waals surface area contributed by atoms with Gasteiger partial charge in [0.05, 0.1) is 42.7 Å². The van der Waals surface area contributed by atoms with Crippen LogP contribution in [0.1, 0.15) is 131 Å². The van der Waals surface area contributed by atoms with Gasteiger partial charge < -0.3 is 52.8 Å². The molecule has 0 aliphatic carbocycles. The highest BCUT2D eigenvalue weighted by Crippen LogP contribution is 2.40. The Balaban J connectivity index is 1.43. The van der Waals surface area contributed by atoms with Crippen LogP contribution in [0.2, 0.25) is 0 Å². The standard InChI is InChI=1S/C45H70O15/c1-8-14-37(47)58-36-24-31-22-30(55-43-42(52-7)41(60-39(49)16-10-3)40(28(6)53-43)59-38(48)15-9-2)21-29(54-31)19-26(4)17-12-11-13-18-34-27(5)20-35(57-34)33(46)23-32-25-45(36,51)44(50)56-32/h11-13,17,26-36,40-43,46,51H,8-10,14-16,18-25H2,1-7H3/b13-11-,17-12+/t26-,27-,28-,29+,30-,31+,32-,33-,34-,35-,36+,40+,41+,42+,43-,45-/m0/s1. The number of allylic oxidation sites excluding steroid dienone is 3. The number of hydrogen-bond donors (Lipinski definition) is 2. The van der Waals surface area contributed by atoms with Crippen LogP contribution >= 0.6 is 0 Å². The van der Waals surface area contributed by atoms with Gasteiger partial charge in [-0.15, -0.1) is 0 Å². The van der Waals surface area contributed by atoms with E-state index in [1.165, 1.54) is 7.11 Å². The lowest BCUT2D eigenvalue weighted by atomic mass is 9.85. The molecule has 5 aliphatic rings. The molecule has 0 aromatic carbocycles. The molecule has 0 saturated carbocycles. The van der Waals surface area contributed by atoms with E-state index < -0.39 is 96.8 Å². The molecule has 4 fully saturated rings. The van der Waals surface area contributed by atoms with E-state index in [4.69, 9.17) is 42.6 Å². The van der Waals surface area contributed by atoms with Crippen molar-refractivity contribution in [3.05, 3.63) is 24.3 Å². The van der Waals surface area contributed by atoms with Crippen molar-refractivity contribution in [2.45, 2.75) is 217 Å². The van der Waals surface area contributed by atoms with Crippen LogP contribution in [0.25, 0.3) is 0 Å². The number of carbonyl (C=O) groups is 4. The second-order valence-electron chi connectivity index (χ2n) is 17.5. The second kappa shape index (κ2) is 22.4. The molecular formula is C45H70O15. The highest BCUT2D eigenvalue weighted by atomic mass is 16.7. The summed E-state index contributed by atoms with van der Waals surface area (Å²) in [5.74, 6) is -2.13. The minimum Gasteiger partial charge on any atom is -0.460 e. The van der Waals surface area contributed by atoms with Gasteiger partial charge in [-0.3, -0.25) is 14.4 Å². The Labute approximate surface area is 355 Å². The molecular weight excluding hydrogens is 780 g/mol. The van der Waals surface area contributed by atoms with E-state index in [1.54, 1.807) is 6.92 Å². The molecule has 16 atom stereocenters. The largest absolute Gasteiger partial charge is 0.460 e. The minimum atomic E-state index is -2.20. The highest BCUT2D eigenvalue weighted by molar-refractivity contribution is 5.83. The molecule has 15 nitrogen and oxygen atoms in total. The maximum absolute atomic E-state index is 13.6. The maximum Gasteiger partial charge on any atom is 0.342 e. The molecule has 340 valence electrons. The van der Waals surface area contributed by atoms with E-state index in [2.05, 4.69) is 26.0 Å². The quantitative estimate of drug-likeness (QED) is 0.189. The Bertz CT molecular complexity index is 1480. The predicted octanol–water partition coefficient (Wildman–Crippen LogP) is 5.34. The summed E-state index contributed by atoms with van der Waals surface area (Å²) in [6.07, 6.45) is 2.76. The van der Waals surface area contributed by atoms with Gasteiger partial charge in [-0.1, -0.05) is 58.9 Å². The average Bonchev–Trinajstić information content (AvgIpc) is 3.69. The van der Waals surface area contributed by atoms with Crippen LogP contribution in [0.4, 0.5) is 0 Å². The highest BCUT2D eigenvalue weighted by Gasteiger charge is 2.57. The first-order valence-electron chi connectivity index (χ1n) is 22.4. The van der Waals surface area contributed by atoms with Crippen molar-refractivity contribution in [3.8, 4) is 0 Å². The van der Waals surface area contributed by atoms with Gasteiger partial charge in [0.2, 0.25) is 5.60 Å². The summed E-state index contributed by atoms with van der Waals surface area (Å²) in [6, 6.07) is 0. The Morgan fingerprint density at radius 3 is 2.03 bits per heavy atom. The average molecular weight is 851 g/mol. The third-order valence-electron chi connectivity index (χ3n) is 12.3. The molecule has 0 unspecified atom stereocenters. The van der Waals surface area contributed by atoms with E-state index in [-0.39, 0.29) is 69.0 Å². The lowest BCUT2D eigenvalue weighted by Crippen LogP contribution is -2.61. The van der Waals surface area contributed by atoms with Gasteiger partial charge in [-0.25, -0.2) is 4.79 Å². The molecule has 0 aromatic heterocycles. The first kappa shape index (κ1) is 48.1. The van der Waals surface area contributed by atoms with Crippen LogP contribution in [0.15, 0.2) is 24.3 Å². The SMILES string of the molecule is CCCC(=O)O[C@H]1[C@@H](OC)[C@H](O[C@@H]2C[C@@H]3C[C@@H](OC(=O)CCC)[C@@]4(O)C[C@H](C[C@H](O)[C@@H]5C[C@H](C)[C@H](C/C=C\C=C\[C@H](C)C[C@H](C2)O3)O5)OC4=O)O[C@@H](C)[C@H]1OC(=O)CCC. The lowest BCUT2D eigenvalue weighted by Gasteiger charge is -2.46. The van der Waals surface area contributed by atoms with Crippen molar-refractivity contribution < 1.29 is 72.0 Å².